The molecule has 0 heterocycles. The van der Waals surface area contributed by atoms with Crippen LogP contribution >= 0.6 is 0 Å². The van der Waals surface area contributed by atoms with E-state index in [1.807, 2.05) is 44.4 Å². The minimum absolute atomic E-state index is 0.0205. The minimum Gasteiger partial charge on any atom is -0.384 e. The number of carbonyl (C=O) groups is 2. The van der Waals surface area contributed by atoms with Crippen molar-refractivity contribution in [2.24, 2.45) is 17.8 Å². The lowest BCUT2D eigenvalue weighted by molar-refractivity contribution is 0.0556. The molecule has 0 saturated heterocycles. The lowest BCUT2D eigenvalue weighted by Crippen LogP contribution is -2.29. The van der Waals surface area contributed by atoms with E-state index in [-0.39, 0.29) is 11.6 Å². The second-order valence-electron chi connectivity index (χ2n) is 11.7. The van der Waals surface area contributed by atoms with E-state index in [1.54, 1.807) is 13.2 Å². The van der Waals surface area contributed by atoms with E-state index >= 15 is 0 Å². The quantitative estimate of drug-likeness (QED) is 0.239. The van der Waals surface area contributed by atoms with Crippen LogP contribution in [0.2, 0.25) is 0 Å². The Kier molecular flexibility index (Phi) is 11.4. The first-order valence-electron chi connectivity index (χ1n) is 15.1. The Morgan fingerprint density at radius 3 is 2.10 bits per heavy atom. The van der Waals surface area contributed by atoms with Gasteiger partial charge in [-0.05, 0) is 88.7 Å². The first-order valence-corrected chi connectivity index (χ1v) is 15.1. The van der Waals surface area contributed by atoms with Crippen molar-refractivity contribution in [2.45, 2.75) is 83.3 Å². The average molecular weight is 537 g/mol. The van der Waals surface area contributed by atoms with E-state index in [4.69, 9.17) is 9.47 Å². The monoisotopic (exact) mass is 536 g/mol. The molecule has 0 bridgehead atoms. The maximum Gasteiger partial charge on any atom is 0.192 e. The standard InChI is InChI=1S/C33H48N2O4/c1-23-28(7-4-5-20-34-21-18-24-10-14-26(38-2)15-11-24)33(37)31-29(32(23)36)8-6-9-30(31)35-22-19-25-12-16-27(39-3)17-13-25/h4-9,23-27,34-35H,10-22H2,1-3H3/b5-4-,28-7+. The van der Waals surface area contributed by atoms with Gasteiger partial charge in [-0.3, -0.25) is 9.59 Å². The van der Waals surface area contributed by atoms with Gasteiger partial charge >= 0.3 is 0 Å². The molecule has 1 atom stereocenters. The molecule has 0 amide bonds. The predicted molar refractivity (Wildman–Crippen MR) is 158 cm³/mol. The highest BCUT2D eigenvalue weighted by Crippen LogP contribution is 2.35. The average Bonchev–Trinajstić information content (AvgIpc) is 2.97. The van der Waals surface area contributed by atoms with Crippen LogP contribution in [0.15, 0.2) is 42.0 Å². The van der Waals surface area contributed by atoms with Crippen LogP contribution in [0.4, 0.5) is 5.69 Å². The Balaban J connectivity index is 1.28. The van der Waals surface area contributed by atoms with Crippen molar-refractivity contribution in [1.29, 1.82) is 0 Å². The minimum atomic E-state index is -0.434. The lowest BCUT2D eigenvalue weighted by Gasteiger charge is -2.28. The van der Waals surface area contributed by atoms with Gasteiger partial charge in [0.15, 0.2) is 11.6 Å². The molecule has 3 aliphatic carbocycles. The number of ether oxygens (including phenoxy) is 2. The maximum atomic E-state index is 13.6. The molecule has 0 radical (unpaired) electrons. The Labute approximate surface area is 235 Å². The molecule has 2 fully saturated rings. The molecule has 1 aromatic carbocycles. The summed E-state index contributed by atoms with van der Waals surface area (Å²) in [5, 5.41) is 6.98. The van der Waals surface area contributed by atoms with Crippen LogP contribution in [0.3, 0.4) is 0 Å². The van der Waals surface area contributed by atoms with Crippen molar-refractivity contribution >= 4 is 17.3 Å². The van der Waals surface area contributed by atoms with E-state index in [1.165, 1.54) is 44.9 Å². The van der Waals surface area contributed by atoms with Gasteiger partial charge in [-0.1, -0.05) is 37.3 Å². The second-order valence-corrected chi connectivity index (χ2v) is 11.7. The van der Waals surface area contributed by atoms with E-state index in [2.05, 4.69) is 10.6 Å². The molecule has 1 aromatic rings. The third-order valence-corrected chi connectivity index (χ3v) is 9.20. The number of rotatable bonds is 12. The van der Waals surface area contributed by atoms with Crippen molar-refractivity contribution in [3.05, 3.63) is 53.1 Å². The molecule has 6 nitrogen and oxygen atoms in total. The zero-order valence-corrected chi connectivity index (χ0v) is 24.2. The number of hydrogen-bond acceptors (Lipinski definition) is 6. The number of Topliss-reactive ketones (excluding diaryl/α,β-unsaturated/α-hetero) is 2. The predicted octanol–water partition coefficient (Wildman–Crippen LogP) is 6.38. The highest BCUT2D eigenvalue weighted by molar-refractivity contribution is 6.25. The summed E-state index contributed by atoms with van der Waals surface area (Å²) in [6.45, 7) is 4.39. The number of methoxy groups -OCH3 is 2. The van der Waals surface area contributed by atoms with E-state index in [9.17, 15) is 9.59 Å². The van der Waals surface area contributed by atoms with Crippen LogP contribution < -0.4 is 10.6 Å². The summed E-state index contributed by atoms with van der Waals surface area (Å²) < 4.78 is 11.0. The fourth-order valence-corrected chi connectivity index (χ4v) is 6.54. The fourth-order valence-electron chi connectivity index (χ4n) is 6.54. The van der Waals surface area contributed by atoms with Crippen LogP contribution in [0, 0.1) is 17.8 Å². The smallest absolute Gasteiger partial charge is 0.192 e. The number of fused-ring (bicyclic) bond motifs is 1. The normalized spacial score (nSPS) is 28.7. The highest BCUT2D eigenvalue weighted by Gasteiger charge is 2.35. The van der Waals surface area contributed by atoms with Crippen LogP contribution in [-0.2, 0) is 9.47 Å². The zero-order chi connectivity index (χ0) is 27.6. The SMILES string of the molecule is COC1CCC(CCNC/C=C\C=C2\C(=O)c3c(NCCC4CCC(OC)CC4)cccc3C(=O)C2C)CC1. The maximum absolute atomic E-state index is 13.6. The molecule has 2 N–H and O–H groups in total. The van der Waals surface area contributed by atoms with Gasteiger partial charge in [0.05, 0.1) is 17.8 Å². The van der Waals surface area contributed by atoms with Crippen molar-refractivity contribution in [1.82, 2.24) is 5.32 Å². The van der Waals surface area contributed by atoms with Gasteiger partial charge in [-0.2, -0.15) is 0 Å². The molecule has 39 heavy (non-hydrogen) atoms. The lowest BCUT2D eigenvalue weighted by atomic mass is 9.78. The molecule has 6 heteroatoms. The number of nitrogens with one attached hydrogen (secondary N) is 2. The van der Waals surface area contributed by atoms with Crippen molar-refractivity contribution in [2.75, 3.05) is 39.2 Å². The van der Waals surface area contributed by atoms with Crippen molar-refractivity contribution < 1.29 is 19.1 Å². The van der Waals surface area contributed by atoms with Gasteiger partial charge in [-0.15, -0.1) is 0 Å². The number of hydrogen-bond donors (Lipinski definition) is 2. The second kappa shape index (κ2) is 14.9. The highest BCUT2D eigenvalue weighted by atomic mass is 16.5. The Hall–Kier alpha value is -2.28. The summed E-state index contributed by atoms with van der Waals surface area (Å²) in [5.41, 5.74) is 2.43. The Morgan fingerprint density at radius 1 is 0.872 bits per heavy atom. The number of anilines is 1. The molecule has 0 aliphatic heterocycles. The summed E-state index contributed by atoms with van der Waals surface area (Å²) >= 11 is 0. The van der Waals surface area contributed by atoms with Gasteiger partial charge in [-0.25, -0.2) is 0 Å². The van der Waals surface area contributed by atoms with Crippen LogP contribution in [-0.4, -0.2) is 57.6 Å². The molecule has 4 rings (SSSR count). The van der Waals surface area contributed by atoms with Crippen molar-refractivity contribution in [3.8, 4) is 0 Å². The first-order chi connectivity index (χ1) is 19.0. The van der Waals surface area contributed by atoms with Gasteiger partial charge in [0.2, 0.25) is 0 Å². The van der Waals surface area contributed by atoms with Crippen LogP contribution in [0.5, 0.6) is 0 Å². The molecule has 2 saturated carbocycles. The van der Waals surface area contributed by atoms with Gasteiger partial charge < -0.3 is 20.1 Å². The number of allylic oxidation sites excluding steroid dienone is 3. The number of benzene rings is 1. The number of ketones is 2. The molecular weight excluding hydrogens is 488 g/mol. The topological polar surface area (TPSA) is 76.7 Å². The summed E-state index contributed by atoms with van der Waals surface area (Å²) in [5.74, 6) is 1.02. The molecule has 0 spiro atoms. The Bertz CT molecular complexity index is 1020. The molecule has 3 aliphatic rings. The van der Waals surface area contributed by atoms with Crippen LogP contribution in [0.25, 0.3) is 0 Å². The van der Waals surface area contributed by atoms with E-state index < -0.39 is 5.92 Å². The first kappa shape index (κ1) is 29.7. The summed E-state index contributed by atoms with van der Waals surface area (Å²) in [6, 6.07) is 5.61. The summed E-state index contributed by atoms with van der Waals surface area (Å²) in [4.78, 5) is 26.8. The summed E-state index contributed by atoms with van der Waals surface area (Å²) in [7, 11) is 3.62. The third-order valence-electron chi connectivity index (χ3n) is 9.20. The largest absolute Gasteiger partial charge is 0.384 e. The summed E-state index contributed by atoms with van der Waals surface area (Å²) in [6.07, 6.45) is 18.4. The van der Waals surface area contributed by atoms with Gasteiger partial charge in [0.1, 0.15) is 0 Å². The molecule has 214 valence electrons. The van der Waals surface area contributed by atoms with E-state index in [0.29, 0.717) is 34.8 Å². The fraction of sp³-hybridized carbons (Fsp3) is 0.636. The van der Waals surface area contributed by atoms with Gasteiger partial charge in [0, 0.05) is 50.1 Å². The number of carbonyl (C=O) groups excluding carboxylic acids is 2. The molecule has 0 aromatic heterocycles. The van der Waals surface area contributed by atoms with Gasteiger partial charge in [0.25, 0.3) is 0 Å². The molecular formula is C33H48N2O4. The Morgan fingerprint density at radius 2 is 1.49 bits per heavy atom. The molecule has 1 unspecified atom stereocenters. The third kappa shape index (κ3) is 7.90. The van der Waals surface area contributed by atoms with Crippen LogP contribution in [0.1, 0.15) is 91.8 Å². The zero-order valence-electron chi connectivity index (χ0n) is 24.2. The van der Waals surface area contributed by atoms with E-state index in [0.717, 1.165) is 50.5 Å². The van der Waals surface area contributed by atoms with Crippen molar-refractivity contribution in [3.63, 3.8) is 0 Å².